The van der Waals surface area contributed by atoms with Crippen molar-refractivity contribution in [2.75, 3.05) is 33.4 Å². The third-order valence-electron chi connectivity index (χ3n) is 3.07. The van der Waals surface area contributed by atoms with E-state index >= 15 is 0 Å². The summed E-state index contributed by atoms with van der Waals surface area (Å²) in [5.41, 5.74) is 0. The molecule has 0 saturated heterocycles. The summed E-state index contributed by atoms with van der Waals surface area (Å²) in [4.78, 5) is 13.4. The average molecular weight is 295 g/mol. The SMILES string of the molecule is CCOc1ccc(OCCN(CC(=O)OC)C(C)C)cc1. The molecular weight excluding hydrogens is 270 g/mol. The van der Waals surface area contributed by atoms with E-state index in [1.54, 1.807) is 0 Å². The molecule has 0 unspecified atom stereocenters. The van der Waals surface area contributed by atoms with Crippen molar-refractivity contribution in [1.82, 2.24) is 4.90 Å². The average Bonchev–Trinajstić information content (AvgIpc) is 2.47. The lowest BCUT2D eigenvalue weighted by molar-refractivity contribution is -0.142. The van der Waals surface area contributed by atoms with Crippen molar-refractivity contribution in [2.45, 2.75) is 26.8 Å². The Morgan fingerprint density at radius 2 is 1.71 bits per heavy atom. The highest BCUT2D eigenvalue weighted by atomic mass is 16.5. The van der Waals surface area contributed by atoms with Gasteiger partial charge >= 0.3 is 5.97 Å². The first-order chi connectivity index (χ1) is 10.1. The van der Waals surface area contributed by atoms with Gasteiger partial charge in [-0.1, -0.05) is 0 Å². The Hall–Kier alpha value is -1.75. The first-order valence-electron chi connectivity index (χ1n) is 7.23. The van der Waals surface area contributed by atoms with Gasteiger partial charge in [-0.2, -0.15) is 0 Å². The first kappa shape index (κ1) is 17.3. The second kappa shape index (κ2) is 9.23. The summed E-state index contributed by atoms with van der Waals surface area (Å²) in [6, 6.07) is 7.78. The maximum absolute atomic E-state index is 11.3. The maximum Gasteiger partial charge on any atom is 0.319 e. The molecule has 1 aromatic carbocycles. The Morgan fingerprint density at radius 1 is 1.14 bits per heavy atom. The number of hydrogen-bond acceptors (Lipinski definition) is 5. The number of esters is 1. The standard InChI is InChI=1S/C16H25NO4/c1-5-20-14-6-8-15(9-7-14)21-11-10-17(13(2)3)12-16(18)19-4/h6-9,13H,5,10-12H2,1-4H3. The van der Waals surface area contributed by atoms with Crippen molar-refractivity contribution in [3.8, 4) is 11.5 Å². The minimum Gasteiger partial charge on any atom is -0.494 e. The van der Waals surface area contributed by atoms with Crippen LogP contribution in [0.3, 0.4) is 0 Å². The normalized spacial score (nSPS) is 10.8. The van der Waals surface area contributed by atoms with E-state index in [1.165, 1.54) is 7.11 Å². The minimum atomic E-state index is -0.232. The van der Waals surface area contributed by atoms with Gasteiger partial charge in [0.25, 0.3) is 0 Å². The van der Waals surface area contributed by atoms with Crippen LogP contribution in [-0.4, -0.2) is 50.3 Å². The molecule has 0 radical (unpaired) electrons. The molecule has 1 aromatic rings. The lowest BCUT2D eigenvalue weighted by atomic mass is 10.3. The van der Waals surface area contributed by atoms with E-state index in [2.05, 4.69) is 0 Å². The Kier molecular flexibility index (Phi) is 7.61. The third kappa shape index (κ3) is 6.49. The summed E-state index contributed by atoms with van der Waals surface area (Å²) in [6.45, 7) is 8.15. The second-order valence-corrected chi connectivity index (χ2v) is 4.89. The number of nitrogens with zero attached hydrogens (tertiary/aromatic N) is 1. The molecule has 0 bridgehead atoms. The number of rotatable bonds is 9. The molecule has 0 saturated carbocycles. The van der Waals surface area contributed by atoms with Crippen molar-refractivity contribution in [3.05, 3.63) is 24.3 Å². The summed E-state index contributed by atoms with van der Waals surface area (Å²) in [5.74, 6) is 1.39. The monoisotopic (exact) mass is 295 g/mol. The van der Waals surface area contributed by atoms with Crippen molar-refractivity contribution in [1.29, 1.82) is 0 Å². The van der Waals surface area contributed by atoms with Gasteiger partial charge in [-0.25, -0.2) is 0 Å². The van der Waals surface area contributed by atoms with Crippen LogP contribution in [0.5, 0.6) is 11.5 Å². The van der Waals surface area contributed by atoms with Crippen LogP contribution in [0.1, 0.15) is 20.8 Å². The summed E-state index contributed by atoms with van der Waals surface area (Å²) >= 11 is 0. The predicted octanol–water partition coefficient (Wildman–Crippen LogP) is 2.35. The second-order valence-electron chi connectivity index (χ2n) is 4.89. The lowest BCUT2D eigenvalue weighted by Crippen LogP contribution is -2.38. The van der Waals surface area contributed by atoms with Gasteiger partial charge in [0.1, 0.15) is 18.1 Å². The third-order valence-corrected chi connectivity index (χ3v) is 3.07. The van der Waals surface area contributed by atoms with Crippen LogP contribution in [0.2, 0.25) is 0 Å². The highest BCUT2D eigenvalue weighted by Gasteiger charge is 2.14. The fraction of sp³-hybridized carbons (Fsp3) is 0.562. The lowest BCUT2D eigenvalue weighted by Gasteiger charge is -2.24. The van der Waals surface area contributed by atoms with Crippen LogP contribution in [0, 0.1) is 0 Å². The largest absolute Gasteiger partial charge is 0.494 e. The molecule has 0 atom stereocenters. The molecular formula is C16H25NO4. The zero-order chi connectivity index (χ0) is 15.7. The van der Waals surface area contributed by atoms with Gasteiger partial charge < -0.3 is 14.2 Å². The molecule has 118 valence electrons. The van der Waals surface area contributed by atoms with Gasteiger partial charge in [-0.15, -0.1) is 0 Å². The number of carbonyl (C=O) groups excluding carboxylic acids is 1. The van der Waals surface area contributed by atoms with E-state index in [9.17, 15) is 4.79 Å². The van der Waals surface area contributed by atoms with Crippen LogP contribution in [0.15, 0.2) is 24.3 Å². The molecule has 0 aliphatic carbocycles. The quantitative estimate of drug-likeness (QED) is 0.654. The molecule has 0 aromatic heterocycles. The molecule has 1 rings (SSSR count). The number of hydrogen-bond donors (Lipinski definition) is 0. The van der Waals surface area contributed by atoms with Gasteiger partial charge in [-0.05, 0) is 45.0 Å². The van der Waals surface area contributed by atoms with Crippen LogP contribution < -0.4 is 9.47 Å². The Labute approximate surface area is 126 Å². The number of methoxy groups -OCH3 is 1. The number of benzene rings is 1. The zero-order valence-electron chi connectivity index (χ0n) is 13.3. The van der Waals surface area contributed by atoms with E-state index in [0.29, 0.717) is 19.8 Å². The van der Waals surface area contributed by atoms with E-state index < -0.39 is 0 Å². The molecule has 5 nitrogen and oxygen atoms in total. The fourth-order valence-electron chi connectivity index (χ4n) is 1.83. The zero-order valence-corrected chi connectivity index (χ0v) is 13.3. The highest BCUT2D eigenvalue weighted by molar-refractivity contribution is 5.71. The molecule has 0 aliphatic heterocycles. The predicted molar refractivity (Wildman–Crippen MR) is 81.8 cm³/mol. The van der Waals surface area contributed by atoms with E-state index in [0.717, 1.165) is 11.5 Å². The molecule has 0 fully saturated rings. The van der Waals surface area contributed by atoms with E-state index in [4.69, 9.17) is 14.2 Å². The van der Waals surface area contributed by atoms with Crippen molar-refractivity contribution < 1.29 is 19.0 Å². The van der Waals surface area contributed by atoms with Crippen LogP contribution in [-0.2, 0) is 9.53 Å². The molecule has 0 spiro atoms. The topological polar surface area (TPSA) is 48.0 Å². The van der Waals surface area contributed by atoms with Gasteiger partial charge in [0.15, 0.2) is 0 Å². The van der Waals surface area contributed by atoms with Gasteiger partial charge in [0, 0.05) is 12.6 Å². The van der Waals surface area contributed by atoms with Crippen LogP contribution in [0.25, 0.3) is 0 Å². The Balaban J connectivity index is 2.40. The Morgan fingerprint density at radius 3 is 2.19 bits per heavy atom. The van der Waals surface area contributed by atoms with Gasteiger partial charge in [0.2, 0.25) is 0 Å². The van der Waals surface area contributed by atoms with E-state index in [-0.39, 0.29) is 18.6 Å². The summed E-state index contributed by atoms with van der Waals surface area (Å²) < 4.78 is 15.8. The molecule has 0 aliphatic rings. The van der Waals surface area contributed by atoms with Crippen molar-refractivity contribution in [2.24, 2.45) is 0 Å². The molecule has 5 heteroatoms. The highest BCUT2D eigenvalue weighted by Crippen LogP contribution is 2.17. The molecule has 0 heterocycles. The molecule has 0 amide bonds. The van der Waals surface area contributed by atoms with Gasteiger partial charge in [-0.3, -0.25) is 9.69 Å². The van der Waals surface area contributed by atoms with Crippen molar-refractivity contribution >= 4 is 5.97 Å². The smallest absolute Gasteiger partial charge is 0.319 e. The molecule has 21 heavy (non-hydrogen) atoms. The minimum absolute atomic E-state index is 0.232. The van der Waals surface area contributed by atoms with Crippen LogP contribution in [0.4, 0.5) is 0 Å². The molecule has 0 N–H and O–H groups in total. The maximum atomic E-state index is 11.3. The van der Waals surface area contributed by atoms with E-state index in [1.807, 2.05) is 49.9 Å². The summed E-state index contributed by atoms with van der Waals surface area (Å²) in [5, 5.41) is 0. The summed E-state index contributed by atoms with van der Waals surface area (Å²) in [6.07, 6.45) is 0. The first-order valence-corrected chi connectivity index (χ1v) is 7.23. The Bertz CT molecular complexity index is 417. The van der Waals surface area contributed by atoms with Gasteiger partial charge in [0.05, 0.1) is 20.3 Å². The van der Waals surface area contributed by atoms with Crippen molar-refractivity contribution in [3.63, 3.8) is 0 Å². The summed E-state index contributed by atoms with van der Waals surface area (Å²) in [7, 11) is 1.40. The number of carbonyl (C=O) groups is 1. The fourth-order valence-corrected chi connectivity index (χ4v) is 1.83. The van der Waals surface area contributed by atoms with Crippen LogP contribution >= 0.6 is 0 Å². The number of ether oxygens (including phenoxy) is 3.